The fourth-order valence-electron chi connectivity index (χ4n) is 1.60. The number of nitrogens with one attached hydrogen (secondary N) is 1. The highest BCUT2D eigenvalue weighted by molar-refractivity contribution is 9.10. The lowest BCUT2D eigenvalue weighted by Gasteiger charge is -2.08. The second-order valence-corrected chi connectivity index (χ2v) is 5.31. The zero-order chi connectivity index (χ0) is 14.9. The minimum Gasteiger partial charge on any atom is -0.507 e. The zero-order valence-electron chi connectivity index (χ0n) is 10.4. The van der Waals surface area contributed by atoms with Gasteiger partial charge in [0.1, 0.15) is 16.6 Å². The molecule has 2 aromatic rings. The van der Waals surface area contributed by atoms with E-state index in [1.807, 2.05) is 0 Å². The smallest absolute Gasteiger partial charge is 0.256 e. The van der Waals surface area contributed by atoms with Crippen LogP contribution < -0.4 is 11.1 Å². The van der Waals surface area contributed by atoms with Gasteiger partial charge in [-0.1, -0.05) is 12.2 Å². The summed E-state index contributed by atoms with van der Waals surface area (Å²) in [6.07, 6.45) is 1.48. The van der Waals surface area contributed by atoms with E-state index in [1.54, 1.807) is 19.2 Å². The molecule has 0 saturated carbocycles. The third kappa shape index (κ3) is 2.81. The highest BCUT2D eigenvalue weighted by Gasteiger charge is 2.15. The highest BCUT2D eigenvalue weighted by Crippen LogP contribution is 2.25. The molecule has 1 aromatic heterocycles. The third-order valence-electron chi connectivity index (χ3n) is 2.64. The Bertz CT molecular complexity index is 699. The van der Waals surface area contributed by atoms with Crippen molar-refractivity contribution in [2.75, 3.05) is 5.32 Å². The molecule has 2 rings (SSSR count). The first-order chi connectivity index (χ1) is 9.40. The van der Waals surface area contributed by atoms with Gasteiger partial charge >= 0.3 is 0 Å². The van der Waals surface area contributed by atoms with Crippen molar-refractivity contribution in [2.24, 2.45) is 12.8 Å². The van der Waals surface area contributed by atoms with Crippen molar-refractivity contribution in [3.8, 4) is 5.75 Å². The Morgan fingerprint density at radius 3 is 2.85 bits per heavy atom. The second kappa shape index (κ2) is 5.59. The van der Waals surface area contributed by atoms with Crippen molar-refractivity contribution < 1.29 is 9.90 Å². The second-order valence-electron chi connectivity index (χ2n) is 4.02. The lowest BCUT2D eigenvalue weighted by atomic mass is 10.2. The maximum atomic E-state index is 12.1. The van der Waals surface area contributed by atoms with Crippen LogP contribution in [0.5, 0.6) is 5.75 Å². The first-order valence-corrected chi connectivity index (χ1v) is 6.72. The Morgan fingerprint density at radius 1 is 1.55 bits per heavy atom. The Balaban J connectivity index is 2.30. The molecule has 1 aromatic carbocycles. The first kappa shape index (κ1) is 14.5. The maximum Gasteiger partial charge on any atom is 0.256 e. The minimum atomic E-state index is -0.395. The summed E-state index contributed by atoms with van der Waals surface area (Å²) in [6, 6.07) is 4.52. The van der Waals surface area contributed by atoms with Crippen LogP contribution >= 0.6 is 28.1 Å². The number of nitrogens with two attached hydrogens (primary N) is 1. The Morgan fingerprint density at radius 2 is 2.25 bits per heavy atom. The van der Waals surface area contributed by atoms with Crippen LogP contribution in [0.15, 0.2) is 28.9 Å². The quantitative estimate of drug-likeness (QED) is 0.730. The van der Waals surface area contributed by atoms with Gasteiger partial charge in [-0.25, -0.2) is 0 Å². The Hall–Kier alpha value is -1.93. The average Bonchev–Trinajstić information content (AvgIpc) is 2.74. The fraction of sp³-hybridized carbons (Fsp3) is 0.0833. The fourth-order valence-corrected chi connectivity index (χ4v) is 2.00. The monoisotopic (exact) mass is 354 g/mol. The normalized spacial score (nSPS) is 10.3. The van der Waals surface area contributed by atoms with Crippen LogP contribution in [0, 0.1) is 0 Å². The van der Waals surface area contributed by atoms with E-state index in [-0.39, 0.29) is 10.7 Å². The van der Waals surface area contributed by atoms with E-state index in [0.29, 0.717) is 21.4 Å². The molecule has 0 aliphatic heterocycles. The van der Waals surface area contributed by atoms with Gasteiger partial charge in [-0.3, -0.25) is 9.48 Å². The SMILES string of the molecule is Cn1ncc(C(N)=S)c1NC(=O)c1ccc(Br)c(O)c1. The molecule has 0 bridgehead atoms. The number of thiocarbonyl (C=S) groups is 1. The van der Waals surface area contributed by atoms with Crippen molar-refractivity contribution in [1.29, 1.82) is 0 Å². The van der Waals surface area contributed by atoms with E-state index >= 15 is 0 Å². The summed E-state index contributed by atoms with van der Waals surface area (Å²) in [5, 5.41) is 16.3. The molecule has 1 heterocycles. The van der Waals surface area contributed by atoms with Gasteiger partial charge in [0.05, 0.1) is 16.2 Å². The number of benzene rings is 1. The maximum absolute atomic E-state index is 12.1. The standard InChI is InChI=1S/C12H11BrN4O2S/c1-17-11(7(5-15-17)10(14)20)16-12(19)6-2-3-8(13)9(18)4-6/h2-5,18H,1H3,(H2,14,20)(H,16,19). The summed E-state index contributed by atoms with van der Waals surface area (Å²) in [5.74, 6) is -0.00367. The van der Waals surface area contributed by atoms with Crippen LogP contribution in [0.25, 0.3) is 0 Å². The predicted molar refractivity (Wildman–Crippen MR) is 82.9 cm³/mol. The summed E-state index contributed by atoms with van der Waals surface area (Å²) < 4.78 is 1.98. The number of hydrogen-bond donors (Lipinski definition) is 3. The van der Waals surface area contributed by atoms with Gasteiger partial charge in [0.15, 0.2) is 0 Å². The van der Waals surface area contributed by atoms with Crippen LogP contribution in [0.3, 0.4) is 0 Å². The van der Waals surface area contributed by atoms with Crippen molar-refractivity contribution in [3.63, 3.8) is 0 Å². The van der Waals surface area contributed by atoms with Crippen molar-refractivity contribution in [2.45, 2.75) is 0 Å². The van der Waals surface area contributed by atoms with E-state index in [9.17, 15) is 9.90 Å². The summed E-state index contributed by atoms with van der Waals surface area (Å²) in [7, 11) is 1.66. The summed E-state index contributed by atoms with van der Waals surface area (Å²) >= 11 is 8.05. The molecule has 0 saturated heterocycles. The number of hydrogen-bond acceptors (Lipinski definition) is 4. The predicted octanol–water partition coefficient (Wildman–Crippen LogP) is 1.77. The van der Waals surface area contributed by atoms with E-state index in [2.05, 4.69) is 26.3 Å². The van der Waals surface area contributed by atoms with Gasteiger partial charge < -0.3 is 16.2 Å². The topological polar surface area (TPSA) is 93.2 Å². The molecular weight excluding hydrogens is 344 g/mol. The molecule has 0 fully saturated rings. The number of carbonyl (C=O) groups excluding carboxylic acids is 1. The number of anilines is 1. The first-order valence-electron chi connectivity index (χ1n) is 5.52. The number of amides is 1. The average molecular weight is 355 g/mol. The van der Waals surface area contributed by atoms with Crippen molar-refractivity contribution in [3.05, 3.63) is 40.0 Å². The van der Waals surface area contributed by atoms with Gasteiger partial charge in [-0.15, -0.1) is 0 Å². The number of carbonyl (C=O) groups is 1. The Kier molecular flexibility index (Phi) is 4.05. The molecule has 0 spiro atoms. The zero-order valence-corrected chi connectivity index (χ0v) is 12.8. The summed E-state index contributed by atoms with van der Waals surface area (Å²) in [5.41, 5.74) is 6.36. The molecule has 20 heavy (non-hydrogen) atoms. The van der Waals surface area contributed by atoms with Gasteiger partial charge in [-0.2, -0.15) is 5.10 Å². The molecular formula is C12H11BrN4O2S. The van der Waals surface area contributed by atoms with Crippen LogP contribution in [0.4, 0.5) is 5.82 Å². The van der Waals surface area contributed by atoms with Crippen LogP contribution in [-0.4, -0.2) is 25.8 Å². The molecule has 6 nitrogen and oxygen atoms in total. The summed E-state index contributed by atoms with van der Waals surface area (Å²) in [6.45, 7) is 0. The van der Waals surface area contributed by atoms with E-state index in [0.717, 1.165) is 0 Å². The number of halogens is 1. The minimum absolute atomic E-state index is 0.0165. The number of aryl methyl sites for hydroxylation is 1. The van der Waals surface area contributed by atoms with Gasteiger partial charge in [0.25, 0.3) is 5.91 Å². The molecule has 1 amide bonds. The lowest BCUT2D eigenvalue weighted by molar-refractivity contribution is 0.102. The Labute approximate surface area is 128 Å². The lowest BCUT2D eigenvalue weighted by Crippen LogP contribution is -2.18. The van der Waals surface area contributed by atoms with Crippen molar-refractivity contribution in [1.82, 2.24) is 9.78 Å². The van der Waals surface area contributed by atoms with E-state index < -0.39 is 5.91 Å². The third-order valence-corrected chi connectivity index (χ3v) is 3.53. The largest absolute Gasteiger partial charge is 0.507 e. The van der Waals surface area contributed by atoms with Crippen molar-refractivity contribution >= 4 is 44.9 Å². The molecule has 0 atom stereocenters. The molecule has 0 aliphatic rings. The van der Waals surface area contributed by atoms with E-state index in [1.165, 1.54) is 16.9 Å². The van der Waals surface area contributed by atoms with Crippen LogP contribution in [-0.2, 0) is 7.05 Å². The summed E-state index contributed by atoms with van der Waals surface area (Å²) in [4.78, 5) is 12.3. The number of aromatic hydroxyl groups is 1. The molecule has 104 valence electrons. The highest BCUT2D eigenvalue weighted by atomic mass is 79.9. The van der Waals surface area contributed by atoms with Gasteiger partial charge in [0, 0.05) is 12.6 Å². The molecule has 0 aliphatic carbocycles. The molecule has 0 radical (unpaired) electrons. The number of aromatic nitrogens is 2. The number of rotatable bonds is 3. The van der Waals surface area contributed by atoms with Gasteiger partial charge in [-0.05, 0) is 34.1 Å². The van der Waals surface area contributed by atoms with Crippen LogP contribution in [0.2, 0.25) is 0 Å². The van der Waals surface area contributed by atoms with Gasteiger partial charge in [0.2, 0.25) is 0 Å². The van der Waals surface area contributed by atoms with E-state index in [4.69, 9.17) is 18.0 Å². The molecule has 0 unspecified atom stereocenters. The number of nitrogens with zero attached hydrogens (tertiary/aromatic N) is 2. The molecule has 8 heteroatoms. The number of phenols is 1. The van der Waals surface area contributed by atoms with Crippen LogP contribution in [0.1, 0.15) is 15.9 Å². The molecule has 4 N–H and O–H groups in total. The number of phenolic OH excluding ortho intramolecular Hbond substituents is 1.